The first kappa shape index (κ1) is 15.9. The summed E-state index contributed by atoms with van der Waals surface area (Å²) in [6.45, 7) is 10.9. The quantitative estimate of drug-likeness (QED) is 0.590. The molecule has 0 radical (unpaired) electrons. The van der Waals surface area contributed by atoms with E-state index in [9.17, 15) is 4.39 Å². The van der Waals surface area contributed by atoms with Gasteiger partial charge in [0.15, 0.2) is 0 Å². The highest BCUT2D eigenvalue weighted by Crippen LogP contribution is 2.40. The van der Waals surface area contributed by atoms with Gasteiger partial charge in [-0.2, -0.15) is 0 Å². The Morgan fingerprint density at radius 3 is 1.88 bits per heavy atom. The van der Waals surface area contributed by atoms with Crippen molar-refractivity contribution in [3.8, 4) is 0 Å². The van der Waals surface area contributed by atoms with Gasteiger partial charge in [0.05, 0.1) is 6.67 Å². The van der Waals surface area contributed by atoms with Gasteiger partial charge in [0.1, 0.15) is 0 Å². The lowest BCUT2D eigenvalue weighted by atomic mass is 9.69. The molecule has 0 N–H and O–H groups in total. The Hall–Kier alpha value is -0.0700. The van der Waals surface area contributed by atoms with Crippen LogP contribution in [0, 0.1) is 17.3 Å². The summed E-state index contributed by atoms with van der Waals surface area (Å²) in [6.07, 6.45) is 7.29. The van der Waals surface area contributed by atoms with Crippen LogP contribution in [0.4, 0.5) is 4.39 Å². The molecule has 0 aliphatic heterocycles. The third-order valence-corrected chi connectivity index (χ3v) is 3.82. The van der Waals surface area contributed by atoms with Crippen molar-refractivity contribution < 1.29 is 4.39 Å². The minimum atomic E-state index is -0.126. The number of hydrogen-bond donors (Lipinski definition) is 0. The second-order valence-corrected chi connectivity index (χ2v) is 5.91. The molecule has 0 bridgehead atoms. The van der Waals surface area contributed by atoms with E-state index in [4.69, 9.17) is 0 Å². The van der Waals surface area contributed by atoms with Crippen LogP contribution in [0.3, 0.4) is 0 Å². The Morgan fingerprint density at radius 2 is 1.50 bits per heavy atom. The maximum atomic E-state index is 12.0. The van der Waals surface area contributed by atoms with Crippen LogP contribution >= 0.6 is 0 Å². The first-order chi connectivity index (χ1) is 7.54. The molecule has 16 heavy (non-hydrogen) atoms. The van der Waals surface area contributed by atoms with Crippen molar-refractivity contribution in [2.75, 3.05) is 6.67 Å². The Kier molecular flexibility index (Phi) is 8.05. The summed E-state index contributed by atoms with van der Waals surface area (Å²) in [5, 5.41) is 0. The molecule has 1 fully saturated rings. The molecule has 0 saturated heterocycles. The standard InChI is InChI=1S/C13H25F.C2H6/c1-13(2,3)12-8-6-11(7-9-12)5-4-10-14;1-2/h11-12H,4-10H2,1-3H3;1-2H3. The van der Waals surface area contributed by atoms with E-state index >= 15 is 0 Å². The molecule has 0 aromatic rings. The van der Waals surface area contributed by atoms with Crippen molar-refractivity contribution in [3.63, 3.8) is 0 Å². The Bertz CT molecular complexity index is 149. The average Bonchev–Trinajstić information content (AvgIpc) is 2.28. The highest BCUT2D eigenvalue weighted by Gasteiger charge is 2.29. The maximum absolute atomic E-state index is 12.0. The molecule has 0 nitrogen and oxygen atoms in total. The van der Waals surface area contributed by atoms with Gasteiger partial charge in [-0.25, -0.2) is 0 Å². The molecule has 1 rings (SSSR count). The molecule has 0 aromatic carbocycles. The molecule has 0 unspecified atom stereocenters. The molecule has 0 spiro atoms. The molecule has 1 heteroatoms. The third-order valence-electron chi connectivity index (χ3n) is 3.82. The number of rotatable bonds is 3. The van der Waals surface area contributed by atoms with E-state index in [-0.39, 0.29) is 6.67 Å². The largest absolute Gasteiger partial charge is 0.251 e. The van der Waals surface area contributed by atoms with Crippen molar-refractivity contribution in [2.45, 2.75) is 73.1 Å². The molecule has 1 aliphatic rings. The summed E-state index contributed by atoms with van der Waals surface area (Å²) in [5.74, 6) is 1.72. The van der Waals surface area contributed by atoms with E-state index in [1.165, 1.54) is 25.7 Å². The number of halogens is 1. The molecular formula is C15H31F. The highest BCUT2D eigenvalue weighted by atomic mass is 19.1. The predicted octanol–water partition coefficient (Wildman–Crippen LogP) is 5.61. The van der Waals surface area contributed by atoms with Gasteiger partial charge in [-0.1, -0.05) is 47.5 Å². The van der Waals surface area contributed by atoms with E-state index in [0.717, 1.165) is 24.7 Å². The van der Waals surface area contributed by atoms with Crippen molar-refractivity contribution in [3.05, 3.63) is 0 Å². The van der Waals surface area contributed by atoms with Crippen LogP contribution in [0.5, 0.6) is 0 Å². The van der Waals surface area contributed by atoms with Crippen molar-refractivity contribution in [1.82, 2.24) is 0 Å². The topological polar surface area (TPSA) is 0 Å². The molecular weight excluding hydrogens is 199 g/mol. The van der Waals surface area contributed by atoms with Crippen LogP contribution in [0.1, 0.15) is 73.1 Å². The van der Waals surface area contributed by atoms with Gasteiger partial charge >= 0.3 is 0 Å². The van der Waals surface area contributed by atoms with Crippen molar-refractivity contribution in [2.24, 2.45) is 17.3 Å². The van der Waals surface area contributed by atoms with E-state index in [1.54, 1.807) is 0 Å². The Balaban J connectivity index is 0.00000106. The summed E-state index contributed by atoms with van der Waals surface area (Å²) in [6, 6.07) is 0. The average molecular weight is 230 g/mol. The van der Waals surface area contributed by atoms with E-state index < -0.39 is 0 Å². The molecule has 1 aliphatic carbocycles. The van der Waals surface area contributed by atoms with Crippen LogP contribution in [-0.4, -0.2) is 6.67 Å². The molecule has 1 saturated carbocycles. The first-order valence-corrected chi connectivity index (χ1v) is 7.10. The molecule has 0 aromatic heterocycles. The monoisotopic (exact) mass is 230 g/mol. The van der Waals surface area contributed by atoms with Gasteiger partial charge in [0.25, 0.3) is 0 Å². The summed E-state index contributed by atoms with van der Waals surface area (Å²) in [5.41, 5.74) is 0.477. The zero-order valence-electron chi connectivity index (χ0n) is 12.0. The van der Waals surface area contributed by atoms with E-state index in [2.05, 4.69) is 20.8 Å². The highest BCUT2D eigenvalue weighted by molar-refractivity contribution is 4.80. The lowest BCUT2D eigenvalue weighted by molar-refractivity contribution is 0.144. The van der Waals surface area contributed by atoms with Crippen LogP contribution in [0.15, 0.2) is 0 Å². The summed E-state index contributed by atoms with van der Waals surface area (Å²) < 4.78 is 12.0. The van der Waals surface area contributed by atoms with Crippen LogP contribution in [-0.2, 0) is 0 Å². The second kappa shape index (κ2) is 8.08. The lowest BCUT2D eigenvalue weighted by Crippen LogP contribution is -2.25. The fourth-order valence-corrected chi connectivity index (χ4v) is 2.68. The number of hydrogen-bond acceptors (Lipinski definition) is 0. The predicted molar refractivity (Wildman–Crippen MR) is 71.5 cm³/mol. The molecule has 0 amide bonds. The normalized spacial score (nSPS) is 25.9. The fraction of sp³-hybridized carbons (Fsp3) is 1.00. The Labute approximate surface area is 102 Å². The summed E-state index contributed by atoms with van der Waals surface area (Å²) >= 11 is 0. The fourth-order valence-electron chi connectivity index (χ4n) is 2.68. The minimum Gasteiger partial charge on any atom is -0.251 e. The molecule has 0 heterocycles. The van der Waals surface area contributed by atoms with Crippen LogP contribution in [0.2, 0.25) is 0 Å². The molecule has 98 valence electrons. The van der Waals surface area contributed by atoms with Gasteiger partial charge in [-0.05, 0) is 42.9 Å². The molecule has 0 atom stereocenters. The summed E-state index contributed by atoms with van der Waals surface area (Å²) in [7, 11) is 0. The smallest absolute Gasteiger partial charge is 0.0894 e. The van der Waals surface area contributed by atoms with Crippen LogP contribution in [0.25, 0.3) is 0 Å². The van der Waals surface area contributed by atoms with Gasteiger partial charge in [0.2, 0.25) is 0 Å². The lowest BCUT2D eigenvalue weighted by Gasteiger charge is -2.37. The van der Waals surface area contributed by atoms with E-state index in [1.807, 2.05) is 13.8 Å². The van der Waals surface area contributed by atoms with Crippen molar-refractivity contribution in [1.29, 1.82) is 0 Å². The number of alkyl halides is 1. The second-order valence-electron chi connectivity index (χ2n) is 5.91. The van der Waals surface area contributed by atoms with Gasteiger partial charge in [0, 0.05) is 0 Å². The SMILES string of the molecule is CC.CC(C)(C)C1CCC(CCCF)CC1. The van der Waals surface area contributed by atoms with Gasteiger partial charge in [-0.15, -0.1) is 0 Å². The zero-order valence-corrected chi connectivity index (χ0v) is 12.0. The maximum Gasteiger partial charge on any atom is 0.0894 e. The van der Waals surface area contributed by atoms with Crippen molar-refractivity contribution >= 4 is 0 Å². The summed E-state index contributed by atoms with van der Waals surface area (Å²) in [4.78, 5) is 0. The van der Waals surface area contributed by atoms with E-state index in [0.29, 0.717) is 5.41 Å². The zero-order chi connectivity index (χ0) is 12.6. The first-order valence-electron chi connectivity index (χ1n) is 7.10. The minimum absolute atomic E-state index is 0.126. The van der Waals surface area contributed by atoms with Crippen LogP contribution < -0.4 is 0 Å². The Morgan fingerprint density at radius 1 is 1.00 bits per heavy atom. The third kappa shape index (κ3) is 5.86. The van der Waals surface area contributed by atoms with Gasteiger partial charge in [-0.3, -0.25) is 4.39 Å². The van der Waals surface area contributed by atoms with Gasteiger partial charge < -0.3 is 0 Å².